The van der Waals surface area contributed by atoms with Crippen molar-refractivity contribution in [3.05, 3.63) is 29.6 Å². The van der Waals surface area contributed by atoms with Gasteiger partial charge in [-0.25, -0.2) is 0 Å². The highest BCUT2D eigenvalue weighted by Crippen LogP contribution is 2.17. The number of aromatic nitrogens is 1. The molecule has 0 unspecified atom stereocenters. The van der Waals surface area contributed by atoms with Crippen LogP contribution in [0.15, 0.2) is 18.3 Å². The molecule has 0 aliphatic heterocycles. The number of rotatable bonds is 6. The van der Waals surface area contributed by atoms with Crippen LogP contribution < -0.4 is 10.6 Å². The summed E-state index contributed by atoms with van der Waals surface area (Å²) < 4.78 is 0. The summed E-state index contributed by atoms with van der Waals surface area (Å²) in [5.41, 5.74) is 2.33. The van der Waals surface area contributed by atoms with E-state index >= 15 is 0 Å². The quantitative estimate of drug-likeness (QED) is 0.686. The lowest BCUT2D eigenvalue weighted by Gasteiger charge is -2.05. The minimum absolute atomic E-state index is 0.813. The van der Waals surface area contributed by atoms with E-state index in [-0.39, 0.29) is 0 Å². The van der Waals surface area contributed by atoms with Gasteiger partial charge in [-0.15, -0.1) is 0 Å². The Labute approximate surface area is 91.3 Å². The van der Waals surface area contributed by atoms with Gasteiger partial charge in [0.05, 0.1) is 0 Å². The van der Waals surface area contributed by atoms with E-state index in [9.17, 15) is 0 Å². The van der Waals surface area contributed by atoms with Gasteiger partial charge in [-0.2, -0.15) is 0 Å². The highest BCUT2D eigenvalue weighted by Gasteiger charge is 2.19. The smallest absolute Gasteiger partial charge is 0.0372 e. The van der Waals surface area contributed by atoms with Crippen molar-refractivity contribution in [2.24, 2.45) is 0 Å². The molecule has 1 saturated carbocycles. The van der Waals surface area contributed by atoms with Crippen LogP contribution in [0.25, 0.3) is 0 Å². The minimum atomic E-state index is 0.813. The summed E-state index contributed by atoms with van der Waals surface area (Å²) in [5.74, 6) is 0. The van der Waals surface area contributed by atoms with Crippen molar-refractivity contribution in [2.45, 2.75) is 32.4 Å². The number of hydrogen-bond acceptors (Lipinski definition) is 3. The van der Waals surface area contributed by atoms with E-state index in [0.717, 1.165) is 31.4 Å². The van der Waals surface area contributed by atoms with Gasteiger partial charge in [0.2, 0.25) is 0 Å². The molecule has 1 fully saturated rings. The molecule has 15 heavy (non-hydrogen) atoms. The maximum absolute atomic E-state index is 4.26. The Morgan fingerprint density at radius 2 is 2.20 bits per heavy atom. The van der Waals surface area contributed by atoms with Crippen molar-refractivity contribution >= 4 is 0 Å². The zero-order valence-electron chi connectivity index (χ0n) is 9.29. The summed E-state index contributed by atoms with van der Waals surface area (Å²) >= 11 is 0. The van der Waals surface area contributed by atoms with Gasteiger partial charge >= 0.3 is 0 Å². The van der Waals surface area contributed by atoms with Crippen molar-refractivity contribution in [3.8, 4) is 0 Å². The van der Waals surface area contributed by atoms with Crippen LogP contribution in [0.2, 0.25) is 0 Å². The van der Waals surface area contributed by atoms with Crippen LogP contribution in [-0.4, -0.2) is 24.1 Å². The predicted octanol–water partition coefficient (Wildman–Crippen LogP) is 1.23. The minimum Gasteiger partial charge on any atom is -0.313 e. The summed E-state index contributed by atoms with van der Waals surface area (Å²) in [6.45, 7) is 5.03. The predicted molar refractivity (Wildman–Crippen MR) is 61.7 cm³/mol. The van der Waals surface area contributed by atoms with Crippen LogP contribution >= 0.6 is 0 Å². The first-order valence-corrected chi connectivity index (χ1v) is 5.70. The zero-order chi connectivity index (χ0) is 10.5. The zero-order valence-corrected chi connectivity index (χ0v) is 9.29. The SMILES string of the molecule is Cc1ccc(CNCCNC2CC2)cn1. The molecule has 0 amide bonds. The van der Waals surface area contributed by atoms with E-state index in [1.165, 1.54) is 18.4 Å². The lowest BCUT2D eigenvalue weighted by molar-refractivity contribution is 0.608. The first-order chi connectivity index (χ1) is 7.34. The fourth-order valence-corrected chi connectivity index (χ4v) is 1.49. The third kappa shape index (κ3) is 3.98. The van der Waals surface area contributed by atoms with Gasteiger partial charge in [0.15, 0.2) is 0 Å². The average molecular weight is 205 g/mol. The molecule has 0 radical (unpaired) electrons. The van der Waals surface area contributed by atoms with Gasteiger partial charge in [-0.3, -0.25) is 4.98 Å². The molecule has 1 aliphatic carbocycles. The average Bonchev–Trinajstić information content (AvgIpc) is 3.04. The molecule has 0 spiro atoms. The van der Waals surface area contributed by atoms with Crippen LogP contribution in [0, 0.1) is 6.92 Å². The highest BCUT2D eigenvalue weighted by atomic mass is 15.0. The molecule has 0 aromatic carbocycles. The van der Waals surface area contributed by atoms with Crippen molar-refractivity contribution in [3.63, 3.8) is 0 Å². The Kier molecular flexibility index (Phi) is 3.69. The lowest BCUT2D eigenvalue weighted by atomic mass is 10.2. The molecule has 0 bridgehead atoms. The van der Waals surface area contributed by atoms with E-state index in [4.69, 9.17) is 0 Å². The first kappa shape index (κ1) is 10.6. The maximum atomic E-state index is 4.26. The molecule has 1 aromatic rings. The van der Waals surface area contributed by atoms with E-state index in [0.29, 0.717) is 0 Å². The van der Waals surface area contributed by atoms with Gasteiger partial charge < -0.3 is 10.6 Å². The van der Waals surface area contributed by atoms with Crippen molar-refractivity contribution in [1.82, 2.24) is 15.6 Å². The fourth-order valence-electron chi connectivity index (χ4n) is 1.49. The highest BCUT2D eigenvalue weighted by molar-refractivity contribution is 5.12. The molecule has 1 heterocycles. The van der Waals surface area contributed by atoms with Crippen molar-refractivity contribution in [1.29, 1.82) is 0 Å². The van der Waals surface area contributed by atoms with Crippen LogP contribution in [0.5, 0.6) is 0 Å². The first-order valence-electron chi connectivity index (χ1n) is 5.70. The second-order valence-electron chi connectivity index (χ2n) is 4.21. The normalized spacial score (nSPS) is 15.5. The van der Waals surface area contributed by atoms with E-state index < -0.39 is 0 Å². The third-order valence-electron chi connectivity index (χ3n) is 2.61. The monoisotopic (exact) mass is 205 g/mol. The molecule has 1 aromatic heterocycles. The number of pyridine rings is 1. The Balaban J connectivity index is 1.58. The topological polar surface area (TPSA) is 37.0 Å². The Morgan fingerprint density at radius 1 is 1.33 bits per heavy atom. The Bertz CT molecular complexity index is 290. The van der Waals surface area contributed by atoms with Crippen LogP contribution in [-0.2, 0) is 6.54 Å². The molecular formula is C12H19N3. The van der Waals surface area contributed by atoms with Gasteiger partial charge in [-0.1, -0.05) is 6.07 Å². The van der Waals surface area contributed by atoms with Crippen molar-refractivity contribution < 1.29 is 0 Å². The van der Waals surface area contributed by atoms with Gasteiger partial charge in [0, 0.05) is 37.6 Å². The molecule has 1 aliphatic rings. The van der Waals surface area contributed by atoms with Crippen LogP contribution in [0.4, 0.5) is 0 Å². The fraction of sp³-hybridized carbons (Fsp3) is 0.583. The summed E-state index contributed by atoms with van der Waals surface area (Å²) in [6, 6.07) is 5.00. The summed E-state index contributed by atoms with van der Waals surface area (Å²) in [6.07, 6.45) is 4.67. The molecular weight excluding hydrogens is 186 g/mol. The standard InChI is InChI=1S/C12H19N3/c1-10-2-3-11(9-15-10)8-13-6-7-14-12-4-5-12/h2-3,9,12-14H,4-8H2,1H3. The Morgan fingerprint density at radius 3 is 2.87 bits per heavy atom. The number of nitrogens with one attached hydrogen (secondary N) is 2. The summed E-state index contributed by atoms with van der Waals surface area (Å²) in [7, 11) is 0. The number of hydrogen-bond donors (Lipinski definition) is 2. The summed E-state index contributed by atoms with van der Waals surface area (Å²) in [5, 5.41) is 6.88. The molecule has 3 heteroatoms. The molecule has 2 N–H and O–H groups in total. The van der Waals surface area contributed by atoms with Gasteiger partial charge in [0.1, 0.15) is 0 Å². The molecule has 2 rings (SSSR count). The van der Waals surface area contributed by atoms with E-state index in [2.05, 4.69) is 27.8 Å². The van der Waals surface area contributed by atoms with Crippen LogP contribution in [0.1, 0.15) is 24.1 Å². The second-order valence-corrected chi connectivity index (χ2v) is 4.21. The maximum Gasteiger partial charge on any atom is 0.0372 e. The molecule has 0 saturated heterocycles. The molecule has 82 valence electrons. The van der Waals surface area contributed by atoms with Gasteiger partial charge in [-0.05, 0) is 31.4 Å². The largest absolute Gasteiger partial charge is 0.313 e. The van der Waals surface area contributed by atoms with E-state index in [1.54, 1.807) is 0 Å². The van der Waals surface area contributed by atoms with Gasteiger partial charge in [0.25, 0.3) is 0 Å². The number of aryl methyl sites for hydroxylation is 1. The molecule has 0 atom stereocenters. The third-order valence-corrected chi connectivity index (χ3v) is 2.61. The molecule has 3 nitrogen and oxygen atoms in total. The van der Waals surface area contributed by atoms with Crippen molar-refractivity contribution in [2.75, 3.05) is 13.1 Å². The number of nitrogens with zero attached hydrogens (tertiary/aromatic N) is 1. The second kappa shape index (κ2) is 5.24. The van der Waals surface area contributed by atoms with E-state index in [1.807, 2.05) is 13.1 Å². The summed E-state index contributed by atoms with van der Waals surface area (Å²) in [4.78, 5) is 4.26. The Hall–Kier alpha value is -0.930. The lowest BCUT2D eigenvalue weighted by Crippen LogP contribution is -2.28. The van der Waals surface area contributed by atoms with Crippen LogP contribution in [0.3, 0.4) is 0 Å².